The van der Waals surface area contributed by atoms with Gasteiger partial charge in [0.15, 0.2) is 0 Å². The van der Waals surface area contributed by atoms with E-state index in [4.69, 9.17) is 10.5 Å². The minimum absolute atomic E-state index is 0.0193. The first kappa shape index (κ1) is 50.2. The quantitative estimate of drug-likeness (QED) is 0.0907. The summed E-state index contributed by atoms with van der Waals surface area (Å²) in [6, 6.07) is -0.433. The third kappa shape index (κ3) is 13.8. The van der Waals surface area contributed by atoms with E-state index >= 15 is 0 Å². The molecule has 1 unspecified atom stereocenters. The largest absolute Gasteiger partial charge is 0.494 e. The molecule has 2 aromatic heterocycles. The van der Waals surface area contributed by atoms with Crippen LogP contribution in [0.1, 0.15) is 110 Å². The van der Waals surface area contributed by atoms with Gasteiger partial charge in [-0.1, -0.05) is 73.1 Å². The number of ether oxygens (including phenoxy) is 1. The summed E-state index contributed by atoms with van der Waals surface area (Å²) in [5.74, 6) is -7.44. The molecule has 0 aliphatic heterocycles. The van der Waals surface area contributed by atoms with E-state index in [1.54, 1.807) is 39.8 Å². The molecule has 2 heterocycles. The van der Waals surface area contributed by atoms with Gasteiger partial charge in [-0.15, -0.1) is 11.3 Å². The summed E-state index contributed by atoms with van der Waals surface area (Å²) in [6.07, 6.45) is 8.59. The standard InChI is InChI=1S/C42H59N9O10S2/c1-7-25(6)35(50-37(54)30(19-24(4)5)46-38(55)32-22-44-17-18-45-32)39(56)47-31(20-26-13-11-10-12-14-26)41(58)51(23-34(52)49-40(57)36(53)28(43)8-2)63(59,60)42-48-29-16-15-27(61-9-3)21-33(29)62-42/h15-18,21-22,24-26,28,30-31,35H,7-14,19-20,23,43H2,1-6H3,(H,46,55)(H,47,56)(H,50,54)(H,49,52,57)/t25-,28?,30-,31-,35-/m0/s1. The molecule has 1 aliphatic carbocycles. The van der Waals surface area contributed by atoms with E-state index in [-0.39, 0.29) is 46.6 Å². The number of nitrogens with zero attached hydrogens (tertiary/aromatic N) is 4. The summed E-state index contributed by atoms with van der Waals surface area (Å²) in [5.41, 5.74) is 5.95. The van der Waals surface area contributed by atoms with E-state index in [1.807, 2.05) is 19.2 Å². The lowest BCUT2D eigenvalue weighted by Crippen LogP contribution is -2.60. The van der Waals surface area contributed by atoms with Crippen molar-refractivity contribution in [2.24, 2.45) is 23.5 Å². The molecule has 1 saturated carbocycles. The average molecular weight is 914 g/mol. The SMILES string of the molecule is CCOc1ccc2nc(S(=O)(=O)N(CC(=O)NC(=O)C(=O)C(N)CC)C(=O)[C@H](CC3CCCCC3)NC(=O)[C@@H](NC(=O)[C@H](CC(C)C)NC(=O)c3cnccn3)[C@@H](C)CC)sc2c1. The van der Waals surface area contributed by atoms with Crippen molar-refractivity contribution < 1.29 is 46.7 Å². The van der Waals surface area contributed by atoms with Crippen molar-refractivity contribution in [2.75, 3.05) is 13.2 Å². The number of hydrogen-bond donors (Lipinski definition) is 5. The molecule has 5 atom stereocenters. The van der Waals surface area contributed by atoms with Gasteiger partial charge in [-0.25, -0.2) is 14.3 Å². The Morgan fingerprint density at radius 3 is 2.25 bits per heavy atom. The minimum atomic E-state index is -5.00. The number of amides is 6. The van der Waals surface area contributed by atoms with Gasteiger partial charge in [0.2, 0.25) is 27.8 Å². The Labute approximate surface area is 371 Å². The highest BCUT2D eigenvalue weighted by molar-refractivity contribution is 7.91. The summed E-state index contributed by atoms with van der Waals surface area (Å²) in [7, 11) is -5.00. The van der Waals surface area contributed by atoms with Crippen molar-refractivity contribution >= 4 is 72.8 Å². The van der Waals surface area contributed by atoms with Crippen LogP contribution in [0.4, 0.5) is 0 Å². The van der Waals surface area contributed by atoms with Gasteiger partial charge < -0.3 is 26.4 Å². The topological polar surface area (TPSA) is 279 Å². The van der Waals surface area contributed by atoms with Crippen molar-refractivity contribution in [3.05, 3.63) is 42.5 Å². The number of fused-ring (bicyclic) bond motifs is 1. The number of sulfonamides is 1. The van der Waals surface area contributed by atoms with Crippen molar-refractivity contribution in [1.29, 1.82) is 0 Å². The molecule has 21 heteroatoms. The molecule has 1 fully saturated rings. The van der Waals surface area contributed by atoms with E-state index in [2.05, 4.69) is 30.9 Å². The van der Waals surface area contributed by atoms with Crippen molar-refractivity contribution in [3.8, 4) is 5.75 Å². The van der Waals surface area contributed by atoms with E-state index < -0.39 is 92.2 Å². The van der Waals surface area contributed by atoms with Crippen LogP contribution < -0.4 is 31.7 Å². The zero-order valence-corrected chi connectivity index (χ0v) is 38.2. The summed E-state index contributed by atoms with van der Waals surface area (Å²) < 4.78 is 34.8. The number of carbonyl (C=O) groups excluding carboxylic acids is 7. The molecule has 6 amide bonds. The molecular weight excluding hydrogens is 855 g/mol. The van der Waals surface area contributed by atoms with Gasteiger partial charge in [0.1, 0.15) is 36.1 Å². The lowest BCUT2D eigenvalue weighted by molar-refractivity contribution is -0.142. The molecule has 344 valence electrons. The van der Waals surface area contributed by atoms with Crippen molar-refractivity contribution in [3.63, 3.8) is 0 Å². The maximum atomic E-state index is 14.9. The van der Waals surface area contributed by atoms with Gasteiger partial charge in [-0.3, -0.25) is 43.9 Å². The maximum absolute atomic E-state index is 14.9. The fourth-order valence-electron chi connectivity index (χ4n) is 7.06. The number of hydrogen-bond acceptors (Lipinski definition) is 15. The Morgan fingerprint density at radius 1 is 0.921 bits per heavy atom. The lowest BCUT2D eigenvalue weighted by atomic mass is 9.84. The van der Waals surface area contributed by atoms with Crippen LogP contribution in [0.5, 0.6) is 5.75 Å². The van der Waals surface area contributed by atoms with Crippen molar-refractivity contribution in [1.82, 2.24) is 40.5 Å². The Kier molecular flexibility index (Phi) is 18.6. The van der Waals surface area contributed by atoms with Gasteiger partial charge in [-0.2, -0.15) is 8.42 Å². The molecule has 0 saturated heterocycles. The smallest absolute Gasteiger partial charge is 0.295 e. The fraction of sp³-hybridized carbons (Fsp3) is 0.571. The summed E-state index contributed by atoms with van der Waals surface area (Å²) in [5, 5.41) is 10.0. The number of nitrogens with two attached hydrogens (primary N) is 1. The molecule has 1 aromatic carbocycles. The number of Topliss-reactive ketones (excluding diaryl/α,β-unsaturated/α-hetero) is 1. The molecule has 4 rings (SSSR count). The Bertz CT molecular complexity index is 2210. The molecule has 6 N–H and O–H groups in total. The fourth-order valence-corrected chi connectivity index (χ4v) is 9.80. The van der Waals surface area contributed by atoms with Crippen LogP contribution >= 0.6 is 11.3 Å². The lowest BCUT2D eigenvalue weighted by Gasteiger charge is -2.32. The van der Waals surface area contributed by atoms with Crippen LogP contribution in [0.15, 0.2) is 41.1 Å². The third-order valence-corrected chi connectivity index (χ3v) is 13.9. The molecule has 63 heavy (non-hydrogen) atoms. The van der Waals surface area contributed by atoms with E-state index in [1.165, 1.54) is 24.7 Å². The number of imide groups is 1. The van der Waals surface area contributed by atoms with Gasteiger partial charge in [0, 0.05) is 12.4 Å². The highest BCUT2D eigenvalue weighted by Crippen LogP contribution is 2.32. The number of aromatic nitrogens is 3. The predicted molar refractivity (Wildman–Crippen MR) is 233 cm³/mol. The normalized spacial score (nSPS) is 15.6. The molecule has 0 bridgehead atoms. The van der Waals surface area contributed by atoms with E-state index in [0.717, 1.165) is 30.6 Å². The van der Waals surface area contributed by atoms with E-state index in [0.29, 0.717) is 36.3 Å². The summed E-state index contributed by atoms with van der Waals surface area (Å²) in [4.78, 5) is 107. The number of thiazole rings is 1. The zero-order valence-electron chi connectivity index (χ0n) is 36.5. The van der Waals surface area contributed by atoms with Crippen LogP contribution in [0.3, 0.4) is 0 Å². The van der Waals surface area contributed by atoms with E-state index in [9.17, 15) is 42.0 Å². The third-order valence-electron chi connectivity index (χ3n) is 10.8. The second kappa shape index (κ2) is 23.3. The van der Waals surface area contributed by atoms with Crippen LogP contribution in [-0.2, 0) is 38.8 Å². The van der Waals surface area contributed by atoms with Crippen LogP contribution in [-0.4, -0.2) is 106 Å². The predicted octanol–water partition coefficient (Wildman–Crippen LogP) is 2.78. The number of nitrogens with one attached hydrogen (secondary N) is 4. The van der Waals surface area contributed by atoms with Crippen LogP contribution in [0.25, 0.3) is 10.2 Å². The number of rotatable bonds is 22. The monoisotopic (exact) mass is 913 g/mol. The first-order valence-electron chi connectivity index (χ1n) is 21.3. The van der Waals surface area contributed by atoms with Gasteiger partial charge in [0.25, 0.3) is 27.7 Å². The highest BCUT2D eigenvalue weighted by Gasteiger charge is 2.41. The summed E-state index contributed by atoms with van der Waals surface area (Å²) in [6.45, 7) is 9.64. The summed E-state index contributed by atoms with van der Waals surface area (Å²) >= 11 is 0.718. The average Bonchev–Trinajstić information content (AvgIpc) is 3.71. The number of carbonyl (C=O) groups is 7. The maximum Gasteiger partial charge on any atom is 0.295 e. The minimum Gasteiger partial charge on any atom is -0.494 e. The van der Waals surface area contributed by atoms with Crippen molar-refractivity contribution in [2.45, 2.75) is 128 Å². The van der Waals surface area contributed by atoms with Crippen LogP contribution in [0, 0.1) is 17.8 Å². The molecule has 0 radical (unpaired) electrons. The zero-order chi connectivity index (χ0) is 46.4. The molecular formula is C42H59N9O10S2. The Hall–Kier alpha value is -5.41. The Morgan fingerprint density at radius 2 is 1.63 bits per heavy atom. The number of benzene rings is 1. The molecule has 19 nitrogen and oxygen atoms in total. The molecule has 1 aliphatic rings. The van der Waals surface area contributed by atoms with Gasteiger partial charge in [-0.05, 0) is 62.1 Å². The van der Waals surface area contributed by atoms with Gasteiger partial charge >= 0.3 is 0 Å². The Balaban J connectivity index is 1.73. The first-order valence-corrected chi connectivity index (χ1v) is 23.6. The van der Waals surface area contributed by atoms with Crippen LogP contribution in [0.2, 0.25) is 0 Å². The first-order chi connectivity index (χ1) is 29.9. The number of ketones is 1. The second-order valence-corrected chi connectivity index (χ2v) is 19.1. The second-order valence-electron chi connectivity index (χ2n) is 16.1. The molecule has 0 spiro atoms. The molecule has 3 aromatic rings. The van der Waals surface area contributed by atoms with Gasteiger partial charge in [0.05, 0.1) is 29.1 Å². The highest BCUT2D eigenvalue weighted by atomic mass is 32.2.